The maximum atomic E-state index is 11.6. The Labute approximate surface area is 99.3 Å². The van der Waals surface area contributed by atoms with Crippen molar-refractivity contribution in [3.63, 3.8) is 0 Å². The number of rotatable bonds is 4. The van der Waals surface area contributed by atoms with Gasteiger partial charge in [-0.05, 0) is 6.92 Å². The SMILES string of the molecule is CCC(=O)c1sc(N(C)CC)c(C#N)c1N. The third kappa shape index (κ3) is 2.02. The summed E-state index contributed by atoms with van der Waals surface area (Å²) in [5, 5.41) is 9.83. The number of nitrogens with two attached hydrogens (primary N) is 1. The van der Waals surface area contributed by atoms with Gasteiger partial charge in [0.2, 0.25) is 0 Å². The van der Waals surface area contributed by atoms with Gasteiger partial charge >= 0.3 is 0 Å². The standard InChI is InChI=1S/C11H15N3OS/c1-4-8(15)10-9(13)7(6-12)11(16-10)14(3)5-2/h4-5,13H2,1-3H3. The summed E-state index contributed by atoms with van der Waals surface area (Å²) in [4.78, 5) is 14.1. The number of ketones is 1. The van der Waals surface area contributed by atoms with Gasteiger partial charge in [-0.25, -0.2) is 0 Å². The molecule has 5 heteroatoms. The molecule has 86 valence electrons. The third-order valence-electron chi connectivity index (χ3n) is 2.43. The molecule has 0 aliphatic heterocycles. The summed E-state index contributed by atoms with van der Waals surface area (Å²) >= 11 is 1.30. The molecule has 0 aliphatic carbocycles. The fourth-order valence-electron chi connectivity index (χ4n) is 1.32. The predicted octanol–water partition coefficient (Wildman–Crippen LogP) is 2.25. The Hall–Kier alpha value is -1.54. The van der Waals surface area contributed by atoms with Crippen molar-refractivity contribution < 1.29 is 4.79 Å². The number of carbonyl (C=O) groups is 1. The first-order valence-electron chi connectivity index (χ1n) is 5.13. The number of anilines is 2. The molecule has 1 aromatic rings. The molecule has 0 spiro atoms. The monoisotopic (exact) mass is 237 g/mol. The molecule has 2 N–H and O–H groups in total. The second-order valence-corrected chi connectivity index (χ2v) is 4.43. The van der Waals surface area contributed by atoms with E-state index in [1.807, 2.05) is 18.9 Å². The second kappa shape index (κ2) is 4.99. The number of nitrogens with zero attached hydrogens (tertiary/aromatic N) is 2. The zero-order valence-electron chi connectivity index (χ0n) is 9.70. The summed E-state index contributed by atoms with van der Waals surface area (Å²) in [6.45, 7) is 4.55. The topological polar surface area (TPSA) is 70.1 Å². The van der Waals surface area contributed by atoms with Gasteiger partial charge in [-0.15, -0.1) is 11.3 Å². The minimum atomic E-state index is -0.00486. The molecule has 1 heterocycles. The normalized spacial score (nSPS) is 9.88. The molecular weight excluding hydrogens is 222 g/mol. The van der Waals surface area contributed by atoms with Crippen LogP contribution in [0.15, 0.2) is 0 Å². The third-order valence-corrected chi connectivity index (χ3v) is 3.79. The van der Waals surface area contributed by atoms with E-state index in [0.29, 0.717) is 22.5 Å². The average Bonchev–Trinajstić information content (AvgIpc) is 2.64. The Morgan fingerprint density at radius 1 is 1.56 bits per heavy atom. The van der Waals surface area contributed by atoms with Gasteiger partial charge < -0.3 is 10.6 Å². The lowest BCUT2D eigenvalue weighted by atomic mass is 10.2. The summed E-state index contributed by atoms with van der Waals surface area (Å²) in [5.74, 6) is -0.00486. The highest BCUT2D eigenvalue weighted by atomic mass is 32.1. The Morgan fingerprint density at radius 2 is 2.19 bits per heavy atom. The van der Waals surface area contributed by atoms with Crippen molar-refractivity contribution in [1.29, 1.82) is 5.26 Å². The van der Waals surface area contributed by atoms with Gasteiger partial charge in [-0.3, -0.25) is 4.79 Å². The van der Waals surface area contributed by atoms with Crippen LogP contribution in [0.4, 0.5) is 10.7 Å². The number of nitrogen functional groups attached to an aromatic ring is 1. The van der Waals surface area contributed by atoms with Crippen molar-refractivity contribution in [2.24, 2.45) is 0 Å². The van der Waals surface area contributed by atoms with E-state index < -0.39 is 0 Å². The molecule has 0 fully saturated rings. The van der Waals surface area contributed by atoms with Gasteiger partial charge in [0.25, 0.3) is 0 Å². The van der Waals surface area contributed by atoms with Crippen LogP contribution in [0.5, 0.6) is 0 Å². The second-order valence-electron chi connectivity index (χ2n) is 3.43. The maximum Gasteiger partial charge on any atom is 0.174 e. The Kier molecular flexibility index (Phi) is 3.91. The van der Waals surface area contributed by atoms with Crippen LogP contribution in [0.25, 0.3) is 0 Å². The average molecular weight is 237 g/mol. The van der Waals surface area contributed by atoms with Crippen LogP contribution in [0.3, 0.4) is 0 Å². The van der Waals surface area contributed by atoms with Crippen LogP contribution in [0.1, 0.15) is 35.5 Å². The van der Waals surface area contributed by atoms with E-state index in [-0.39, 0.29) is 5.78 Å². The number of hydrogen-bond donors (Lipinski definition) is 1. The highest BCUT2D eigenvalue weighted by molar-refractivity contribution is 7.19. The van der Waals surface area contributed by atoms with Crippen LogP contribution in [0.2, 0.25) is 0 Å². The van der Waals surface area contributed by atoms with Gasteiger partial charge in [0.1, 0.15) is 16.6 Å². The molecule has 0 unspecified atom stereocenters. The Balaban J connectivity index is 3.32. The van der Waals surface area contributed by atoms with Crippen molar-refractivity contribution >= 4 is 27.8 Å². The smallest absolute Gasteiger partial charge is 0.174 e. The molecule has 0 saturated carbocycles. The van der Waals surface area contributed by atoms with Crippen LogP contribution in [-0.4, -0.2) is 19.4 Å². The van der Waals surface area contributed by atoms with Gasteiger partial charge in [0, 0.05) is 20.0 Å². The number of carbonyl (C=O) groups excluding carboxylic acids is 1. The predicted molar refractivity (Wildman–Crippen MR) is 67.0 cm³/mol. The lowest BCUT2D eigenvalue weighted by Gasteiger charge is -2.14. The quantitative estimate of drug-likeness (QED) is 0.815. The van der Waals surface area contributed by atoms with Crippen molar-refractivity contribution in [3.8, 4) is 6.07 Å². The number of thiophene rings is 1. The molecule has 1 rings (SSSR count). The van der Waals surface area contributed by atoms with Crippen LogP contribution >= 0.6 is 11.3 Å². The molecule has 0 bridgehead atoms. The van der Waals surface area contributed by atoms with Gasteiger partial charge in [-0.1, -0.05) is 6.92 Å². The van der Waals surface area contributed by atoms with E-state index >= 15 is 0 Å². The fourth-order valence-corrected chi connectivity index (χ4v) is 2.53. The first-order valence-corrected chi connectivity index (χ1v) is 5.95. The molecular formula is C11H15N3OS. The molecule has 0 aromatic carbocycles. The summed E-state index contributed by atoms with van der Waals surface area (Å²) in [5.41, 5.74) is 6.57. The number of Topliss-reactive ketones (excluding diaryl/α,β-unsaturated/α-hetero) is 1. The van der Waals surface area contributed by atoms with E-state index in [9.17, 15) is 4.79 Å². The minimum Gasteiger partial charge on any atom is -0.396 e. The molecule has 0 saturated heterocycles. The van der Waals surface area contributed by atoms with Crippen molar-refractivity contribution in [2.75, 3.05) is 24.2 Å². The first kappa shape index (κ1) is 12.5. The summed E-state index contributed by atoms with van der Waals surface area (Å²) in [6.07, 6.45) is 0.408. The van der Waals surface area contributed by atoms with Crippen LogP contribution in [-0.2, 0) is 0 Å². The largest absolute Gasteiger partial charge is 0.396 e. The van der Waals surface area contributed by atoms with Gasteiger partial charge in [0.05, 0.1) is 10.6 Å². The van der Waals surface area contributed by atoms with E-state index in [0.717, 1.165) is 11.5 Å². The zero-order valence-corrected chi connectivity index (χ0v) is 10.5. The minimum absolute atomic E-state index is 0.00486. The van der Waals surface area contributed by atoms with E-state index in [4.69, 9.17) is 11.0 Å². The maximum absolute atomic E-state index is 11.6. The zero-order chi connectivity index (χ0) is 12.3. The lowest BCUT2D eigenvalue weighted by Crippen LogP contribution is -2.15. The van der Waals surface area contributed by atoms with E-state index in [2.05, 4.69) is 6.07 Å². The molecule has 0 atom stereocenters. The van der Waals surface area contributed by atoms with Gasteiger partial charge in [-0.2, -0.15) is 5.26 Å². The lowest BCUT2D eigenvalue weighted by molar-refractivity contribution is 0.0993. The summed E-state index contributed by atoms with van der Waals surface area (Å²) in [7, 11) is 1.88. The molecule has 1 aromatic heterocycles. The van der Waals surface area contributed by atoms with Crippen LogP contribution in [0, 0.1) is 11.3 Å². The Morgan fingerprint density at radius 3 is 2.62 bits per heavy atom. The van der Waals surface area contributed by atoms with Gasteiger partial charge in [0.15, 0.2) is 5.78 Å². The Bertz CT molecular complexity index is 445. The van der Waals surface area contributed by atoms with E-state index in [1.165, 1.54) is 11.3 Å². The molecule has 0 radical (unpaired) electrons. The highest BCUT2D eigenvalue weighted by Gasteiger charge is 2.21. The van der Waals surface area contributed by atoms with Crippen molar-refractivity contribution in [3.05, 3.63) is 10.4 Å². The summed E-state index contributed by atoms with van der Waals surface area (Å²) < 4.78 is 0. The van der Waals surface area contributed by atoms with Crippen LogP contribution < -0.4 is 10.6 Å². The van der Waals surface area contributed by atoms with Crippen molar-refractivity contribution in [2.45, 2.75) is 20.3 Å². The molecule has 0 amide bonds. The number of nitriles is 1. The fraction of sp³-hybridized carbons (Fsp3) is 0.455. The molecule has 16 heavy (non-hydrogen) atoms. The first-order chi connectivity index (χ1) is 7.56. The van der Waals surface area contributed by atoms with Crippen molar-refractivity contribution in [1.82, 2.24) is 0 Å². The molecule has 0 aliphatic rings. The van der Waals surface area contributed by atoms with E-state index in [1.54, 1.807) is 6.92 Å². The highest BCUT2D eigenvalue weighted by Crippen LogP contribution is 2.37. The molecule has 4 nitrogen and oxygen atoms in total. The number of hydrogen-bond acceptors (Lipinski definition) is 5. The summed E-state index contributed by atoms with van der Waals surface area (Å²) in [6, 6.07) is 2.07.